The quantitative estimate of drug-likeness (QED) is 0.319. The largest absolute Gasteiger partial charge is 0.384 e. The lowest BCUT2D eigenvalue weighted by Crippen LogP contribution is -2.70. The van der Waals surface area contributed by atoms with E-state index >= 15 is 0 Å². The maximum atomic E-state index is 13.3. The van der Waals surface area contributed by atoms with E-state index in [1.807, 2.05) is 6.07 Å². The normalized spacial score (nSPS) is 21.4. The predicted octanol–water partition coefficient (Wildman–Crippen LogP) is 3.10. The van der Waals surface area contributed by atoms with E-state index in [0.29, 0.717) is 34.0 Å². The first-order chi connectivity index (χ1) is 20.7. The molecule has 0 saturated carbocycles. The summed E-state index contributed by atoms with van der Waals surface area (Å²) in [5.74, 6) is 0.848. The molecule has 43 heavy (non-hydrogen) atoms. The van der Waals surface area contributed by atoms with Crippen LogP contribution in [-0.2, 0) is 12.1 Å². The lowest BCUT2D eigenvalue weighted by Gasteiger charge is -2.58. The molecule has 8 rings (SSSR count). The van der Waals surface area contributed by atoms with Crippen LogP contribution in [0.1, 0.15) is 32.4 Å². The zero-order chi connectivity index (χ0) is 29.8. The molecule has 4 aliphatic rings. The number of nitrogens with zero attached hydrogens (tertiary/aromatic N) is 8. The summed E-state index contributed by atoms with van der Waals surface area (Å²) < 4.78 is 3.19. The van der Waals surface area contributed by atoms with Crippen molar-refractivity contribution in [1.82, 2.24) is 34.1 Å². The Labute approximate surface area is 251 Å². The Balaban J connectivity index is 1.12. The Morgan fingerprint density at radius 3 is 2.42 bits per heavy atom. The summed E-state index contributed by atoms with van der Waals surface area (Å²) in [6, 6.07) is 13.8. The number of piperidine rings is 1. The number of anilines is 3. The molecule has 0 unspecified atom stereocenters. The van der Waals surface area contributed by atoms with Gasteiger partial charge < -0.3 is 15.3 Å². The molecule has 2 bridgehead atoms. The van der Waals surface area contributed by atoms with Gasteiger partial charge in [-0.1, -0.05) is 12.1 Å². The van der Waals surface area contributed by atoms with Crippen LogP contribution in [0.15, 0.2) is 66.1 Å². The second-order valence-electron chi connectivity index (χ2n) is 12.5. The second kappa shape index (κ2) is 10.6. The Hall–Kier alpha value is -4.06. The summed E-state index contributed by atoms with van der Waals surface area (Å²) in [6.07, 6.45) is 5.61. The summed E-state index contributed by atoms with van der Waals surface area (Å²) >= 11 is 0. The van der Waals surface area contributed by atoms with Crippen molar-refractivity contribution in [2.24, 2.45) is 0 Å². The van der Waals surface area contributed by atoms with E-state index in [1.54, 1.807) is 42.9 Å². The van der Waals surface area contributed by atoms with Crippen LogP contribution in [0.5, 0.6) is 0 Å². The van der Waals surface area contributed by atoms with E-state index in [0.717, 1.165) is 18.8 Å². The highest BCUT2D eigenvalue weighted by molar-refractivity contribution is 5.77. The zero-order valence-electron chi connectivity index (χ0n) is 24.9. The first kappa shape index (κ1) is 27.8. The van der Waals surface area contributed by atoms with Crippen LogP contribution in [0.4, 0.5) is 17.3 Å². The van der Waals surface area contributed by atoms with Crippen LogP contribution in [0.2, 0.25) is 0 Å². The maximum Gasteiger partial charge on any atom is 0.278 e. The maximum absolute atomic E-state index is 13.3. The van der Waals surface area contributed by atoms with Gasteiger partial charge in [-0.15, -0.1) is 6.58 Å². The van der Waals surface area contributed by atoms with Gasteiger partial charge in [0.15, 0.2) is 11.5 Å². The Bertz CT molecular complexity index is 1700. The van der Waals surface area contributed by atoms with Crippen LogP contribution in [-0.4, -0.2) is 90.6 Å². The van der Waals surface area contributed by atoms with Gasteiger partial charge in [-0.3, -0.25) is 14.6 Å². The van der Waals surface area contributed by atoms with E-state index in [1.165, 1.54) is 55.9 Å². The Morgan fingerprint density at radius 1 is 1.02 bits per heavy atom. The average Bonchev–Trinajstić information content (AvgIpc) is 3.28. The Morgan fingerprint density at radius 2 is 1.77 bits per heavy atom. The lowest BCUT2D eigenvalue weighted by atomic mass is 9.81. The molecule has 4 aromatic rings. The molecule has 4 aliphatic heterocycles. The highest BCUT2D eigenvalue weighted by Gasteiger charge is 2.46. The molecule has 1 spiro atoms. The number of hydrogen-bond acceptors (Lipinski definition) is 9. The molecule has 0 aliphatic carbocycles. The van der Waals surface area contributed by atoms with Crippen molar-refractivity contribution < 1.29 is 5.11 Å². The van der Waals surface area contributed by atoms with Crippen LogP contribution >= 0.6 is 0 Å². The summed E-state index contributed by atoms with van der Waals surface area (Å²) in [6.45, 7) is 15.7. The smallest absolute Gasteiger partial charge is 0.278 e. The fraction of sp³-hybridized carbons (Fsp3) is 0.438. The van der Waals surface area contributed by atoms with Gasteiger partial charge in [0.25, 0.3) is 5.56 Å². The summed E-state index contributed by atoms with van der Waals surface area (Å²) in [5.41, 5.74) is 1.98. The molecule has 11 heteroatoms. The van der Waals surface area contributed by atoms with Crippen molar-refractivity contribution in [3.05, 3.63) is 77.4 Å². The minimum atomic E-state index is -1.14. The number of piperazine rings is 3. The third-order valence-corrected chi connectivity index (χ3v) is 9.30. The number of aromatic nitrogens is 5. The number of aliphatic hydroxyl groups is 1. The molecular formula is C32H39N9O2. The molecular weight excluding hydrogens is 542 g/mol. The zero-order valence-corrected chi connectivity index (χ0v) is 24.9. The molecule has 0 atom stereocenters. The van der Waals surface area contributed by atoms with Gasteiger partial charge in [0.2, 0.25) is 5.95 Å². The lowest BCUT2D eigenvalue weighted by molar-refractivity contribution is -0.0662. The molecule has 1 aromatic carbocycles. The molecule has 0 radical (unpaired) electrons. The standard InChI is InChI=1S/C32H39N9O2/c1-4-14-40-29(42)25-21-33-30(36-28(25)41(40)27-7-5-6-26(35-27)31(2,3)43)34-23-8-10-24(11-9-23)38-15-12-32(13-16-38)22-37-17-19-39(32)20-18-37/h4-11,21,43H,1,12-20,22H2,2-3H3,(H,33,34,36). The number of allylic oxidation sites excluding steroid dienone is 1. The molecule has 4 saturated heterocycles. The van der Waals surface area contributed by atoms with Gasteiger partial charge in [-0.25, -0.2) is 19.3 Å². The average molecular weight is 582 g/mol. The molecule has 3 aromatic heterocycles. The van der Waals surface area contributed by atoms with Crippen molar-refractivity contribution in [2.45, 2.75) is 44.4 Å². The van der Waals surface area contributed by atoms with E-state index in [2.05, 4.69) is 60.8 Å². The van der Waals surface area contributed by atoms with Crippen LogP contribution in [0.3, 0.4) is 0 Å². The number of benzene rings is 1. The molecule has 7 heterocycles. The SMILES string of the molecule is C=CCn1c(=O)c2cnc(Nc3ccc(N4CCC5(CC4)CN4CCN5CC4)cc3)nc2n1-c1cccc(C(C)(C)O)n1. The molecule has 224 valence electrons. The highest BCUT2D eigenvalue weighted by atomic mass is 16.3. The Kier molecular flexibility index (Phi) is 6.83. The monoisotopic (exact) mass is 581 g/mol. The topological polar surface area (TPSA) is 108 Å². The molecule has 2 N–H and O–H groups in total. The number of nitrogens with one attached hydrogen (secondary N) is 1. The van der Waals surface area contributed by atoms with Gasteiger partial charge >= 0.3 is 0 Å². The van der Waals surface area contributed by atoms with Crippen LogP contribution < -0.4 is 15.8 Å². The highest BCUT2D eigenvalue weighted by Crippen LogP contribution is 2.36. The summed E-state index contributed by atoms with van der Waals surface area (Å²) in [7, 11) is 0. The number of fused-ring (bicyclic) bond motifs is 3. The van der Waals surface area contributed by atoms with Crippen LogP contribution in [0.25, 0.3) is 16.9 Å². The number of pyridine rings is 1. The number of hydrogen-bond donors (Lipinski definition) is 2. The van der Waals surface area contributed by atoms with Crippen molar-refractivity contribution in [3.8, 4) is 5.82 Å². The van der Waals surface area contributed by atoms with Crippen molar-refractivity contribution >= 4 is 28.4 Å². The van der Waals surface area contributed by atoms with Crippen molar-refractivity contribution in [1.29, 1.82) is 0 Å². The molecule has 0 amide bonds. The van der Waals surface area contributed by atoms with Crippen molar-refractivity contribution in [3.63, 3.8) is 0 Å². The van der Waals surface area contributed by atoms with E-state index in [9.17, 15) is 9.90 Å². The van der Waals surface area contributed by atoms with Gasteiger partial charge in [-0.05, 0) is 63.1 Å². The van der Waals surface area contributed by atoms with Gasteiger partial charge in [0.05, 0.1) is 12.2 Å². The third-order valence-electron chi connectivity index (χ3n) is 9.30. The predicted molar refractivity (Wildman–Crippen MR) is 168 cm³/mol. The molecule has 4 fully saturated rings. The fourth-order valence-electron chi connectivity index (χ4n) is 6.93. The molecule has 11 nitrogen and oxygen atoms in total. The first-order valence-electron chi connectivity index (χ1n) is 15.1. The first-order valence-corrected chi connectivity index (χ1v) is 15.1. The van der Waals surface area contributed by atoms with E-state index < -0.39 is 5.60 Å². The van der Waals surface area contributed by atoms with Gasteiger partial charge in [0.1, 0.15) is 11.0 Å². The van der Waals surface area contributed by atoms with E-state index in [-0.39, 0.29) is 12.1 Å². The minimum Gasteiger partial charge on any atom is -0.384 e. The van der Waals surface area contributed by atoms with E-state index in [4.69, 9.17) is 4.98 Å². The van der Waals surface area contributed by atoms with Gasteiger partial charge in [0, 0.05) is 68.9 Å². The number of rotatable bonds is 7. The summed E-state index contributed by atoms with van der Waals surface area (Å²) in [5, 5.41) is 14.2. The third kappa shape index (κ3) is 5.01. The van der Waals surface area contributed by atoms with Crippen LogP contribution in [0, 0.1) is 0 Å². The van der Waals surface area contributed by atoms with Gasteiger partial charge in [-0.2, -0.15) is 4.98 Å². The second-order valence-corrected chi connectivity index (χ2v) is 12.5. The summed E-state index contributed by atoms with van der Waals surface area (Å²) in [4.78, 5) is 35.0. The van der Waals surface area contributed by atoms with Crippen molar-refractivity contribution in [2.75, 3.05) is 56.0 Å². The minimum absolute atomic E-state index is 0.236. The fourth-order valence-corrected chi connectivity index (χ4v) is 6.93.